The van der Waals surface area contributed by atoms with Crippen LogP contribution in [0, 0.1) is 17.8 Å². The van der Waals surface area contributed by atoms with E-state index in [0.29, 0.717) is 25.1 Å². The fourth-order valence-corrected chi connectivity index (χ4v) is 6.00. The Morgan fingerprint density at radius 1 is 1.04 bits per heavy atom. The van der Waals surface area contributed by atoms with Crippen molar-refractivity contribution in [3.05, 3.63) is 0 Å². The molecule has 0 saturated carbocycles. The van der Waals surface area contributed by atoms with Gasteiger partial charge < -0.3 is 26.1 Å². The molecule has 286 valence electrons. The van der Waals surface area contributed by atoms with E-state index in [-0.39, 0.29) is 29.8 Å². The standard InChI is InChI=1S/C16H25N3O3.C16H32N2O3S.C3H8.C2H6/c1-4-6-8-12(14(20)16(22)17-10-5-2)18-15(21)13-9-7-11-19(13)3;1-7-9-10-16(8-2,12-22(6)21)18-14(20)17-13(11-19)15(3,4)5;1-3-2;1-2/h1,12-13H,5-11H2,2-3H3,(H,17,22)(H,18,21);11,13H,7-10,12H2,1-6H3,(H2,17,18,20);3H2,1-2H3;1-2H3. The molecule has 11 nitrogen and oxygen atoms in total. The molecule has 12 heteroatoms. The molecule has 1 heterocycles. The molecule has 5 atom stereocenters. The number of aldehydes is 1. The largest absolute Gasteiger partial charge is 0.349 e. The number of hydrogen-bond donors (Lipinski definition) is 4. The van der Waals surface area contributed by atoms with Gasteiger partial charge in [0.05, 0.1) is 23.7 Å². The Balaban J connectivity index is -0.000000762. The van der Waals surface area contributed by atoms with Crippen molar-refractivity contribution in [2.24, 2.45) is 5.41 Å². The van der Waals surface area contributed by atoms with Crippen LogP contribution >= 0.6 is 0 Å². The van der Waals surface area contributed by atoms with Crippen LogP contribution in [-0.2, 0) is 30.0 Å². The van der Waals surface area contributed by atoms with Gasteiger partial charge in [-0.1, -0.05) is 88.5 Å². The quantitative estimate of drug-likeness (QED) is 0.0926. The summed E-state index contributed by atoms with van der Waals surface area (Å²) in [5, 5.41) is 10.9. The molecule has 1 aliphatic rings. The van der Waals surface area contributed by atoms with Crippen LogP contribution in [0.5, 0.6) is 0 Å². The number of carbonyl (C=O) groups excluding carboxylic acids is 5. The molecule has 1 rings (SSSR count). The molecule has 4 amide bonds. The lowest BCUT2D eigenvalue weighted by Crippen LogP contribution is -2.58. The number of nitrogens with one attached hydrogen (secondary N) is 4. The summed E-state index contributed by atoms with van der Waals surface area (Å²) < 4.78 is 11.7. The molecular formula is C37H71N5O6S. The van der Waals surface area contributed by atoms with Gasteiger partial charge in [0.2, 0.25) is 11.7 Å². The van der Waals surface area contributed by atoms with Crippen LogP contribution in [0.2, 0.25) is 0 Å². The van der Waals surface area contributed by atoms with E-state index in [1.54, 1.807) is 6.26 Å². The monoisotopic (exact) mass is 714 g/mol. The number of urea groups is 1. The molecule has 4 N–H and O–H groups in total. The zero-order valence-corrected chi connectivity index (χ0v) is 33.7. The first-order chi connectivity index (χ1) is 23.0. The minimum absolute atomic E-state index is 0.210. The number of unbranched alkanes of at least 4 members (excludes halogenated alkanes) is 1. The van der Waals surface area contributed by atoms with Crippen molar-refractivity contribution in [1.82, 2.24) is 26.2 Å². The summed E-state index contributed by atoms with van der Waals surface area (Å²) in [5.74, 6) is 1.37. The fraction of sp³-hybridized carbons (Fsp3) is 0.811. The summed E-state index contributed by atoms with van der Waals surface area (Å²) in [6, 6.07) is -2.01. The number of rotatable bonds is 17. The Morgan fingerprint density at radius 3 is 2.04 bits per heavy atom. The van der Waals surface area contributed by atoms with Crippen molar-refractivity contribution in [2.45, 2.75) is 157 Å². The SMILES string of the molecule is C#CCCC(NC(=O)C1CCCN1C)C(=O)C(=O)NCCC.CC.CCC.CCCCC(CC)(CS(C)=O)NC(=O)NC(C=O)C(C)(C)C. The molecule has 0 aromatic heterocycles. The first kappa shape index (κ1) is 50.6. The molecule has 5 unspecified atom stereocenters. The summed E-state index contributed by atoms with van der Waals surface area (Å²) in [6.07, 6.45) is 15.4. The van der Waals surface area contributed by atoms with E-state index < -0.39 is 40.1 Å². The lowest BCUT2D eigenvalue weighted by atomic mass is 9.87. The van der Waals surface area contributed by atoms with Gasteiger partial charge in [-0.3, -0.25) is 23.5 Å². The third kappa shape index (κ3) is 22.5. The van der Waals surface area contributed by atoms with Gasteiger partial charge in [-0.2, -0.15) is 0 Å². The molecule has 0 aromatic rings. The number of carbonyl (C=O) groups is 5. The van der Waals surface area contributed by atoms with E-state index in [1.165, 1.54) is 6.42 Å². The van der Waals surface area contributed by atoms with Crippen molar-refractivity contribution < 1.29 is 28.2 Å². The third-order valence-electron chi connectivity index (χ3n) is 7.69. The first-order valence-corrected chi connectivity index (χ1v) is 19.8. The Bertz CT molecular complexity index is 1030. The highest BCUT2D eigenvalue weighted by Gasteiger charge is 2.34. The number of Topliss-reactive ketones (excluding diaryl/α,β-unsaturated/α-hetero) is 1. The number of ketones is 1. The van der Waals surface area contributed by atoms with E-state index in [4.69, 9.17) is 6.42 Å². The Kier molecular flexibility index (Phi) is 29.9. The fourth-order valence-electron chi connectivity index (χ4n) is 4.80. The van der Waals surface area contributed by atoms with Crippen LogP contribution in [0.25, 0.3) is 0 Å². The van der Waals surface area contributed by atoms with Gasteiger partial charge in [0.1, 0.15) is 6.29 Å². The zero-order chi connectivity index (χ0) is 38.6. The highest BCUT2D eigenvalue weighted by Crippen LogP contribution is 2.21. The normalized spacial score (nSPS) is 16.8. The van der Waals surface area contributed by atoms with Crippen LogP contribution in [0.3, 0.4) is 0 Å². The van der Waals surface area contributed by atoms with E-state index in [9.17, 15) is 28.2 Å². The van der Waals surface area contributed by atoms with E-state index >= 15 is 0 Å². The summed E-state index contributed by atoms with van der Waals surface area (Å²) in [5.41, 5.74) is -0.823. The van der Waals surface area contributed by atoms with Crippen molar-refractivity contribution in [2.75, 3.05) is 32.1 Å². The van der Waals surface area contributed by atoms with Crippen LogP contribution in [0.1, 0.15) is 133 Å². The summed E-state index contributed by atoms with van der Waals surface area (Å²) in [4.78, 5) is 61.7. The van der Waals surface area contributed by atoms with E-state index in [1.807, 2.05) is 60.4 Å². The van der Waals surface area contributed by atoms with Gasteiger partial charge in [-0.25, -0.2) is 4.79 Å². The van der Waals surface area contributed by atoms with Gasteiger partial charge in [0, 0.05) is 35.8 Å². The molecular weight excluding hydrogens is 643 g/mol. The number of nitrogens with zero attached hydrogens (tertiary/aromatic N) is 1. The van der Waals surface area contributed by atoms with Crippen LogP contribution in [0.15, 0.2) is 0 Å². The Morgan fingerprint density at radius 2 is 1.63 bits per heavy atom. The molecule has 1 fully saturated rings. The van der Waals surface area contributed by atoms with Gasteiger partial charge >= 0.3 is 6.03 Å². The topological polar surface area (TPSA) is 154 Å². The first-order valence-electron chi connectivity index (χ1n) is 18.1. The maximum absolute atomic E-state index is 12.3. The van der Waals surface area contributed by atoms with Crippen LogP contribution < -0.4 is 21.3 Å². The molecule has 0 radical (unpaired) electrons. The Labute approximate surface area is 301 Å². The van der Waals surface area contributed by atoms with Crippen molar-refractivity contribution in [3.63, 3.8) is 0 Å². The molecule has 0 bridgehead atoms. The lowest BCUT2D eigenvalue weighted by Gasteiger charge is -2.35. The average molecular weight is 714 g/mol. The zero-order valence-electron chi connectivity index (χ0n) is 32.9. The molecule has 0 aliphatic carbocycles. The summed E-state index contributed by atoms with van der Waals surface area (Å²) in [6.45, 7) is 21.2. The second-order valence-corrected chi connectivity index (χ2v) is 14.7. The van der Waals surface area contributed by atoms with Gasteiger partial charge in [-0.15, -0.1) is 12.3 Å². The highest BCUT2D eigenvalue weighted by atomic mass is 32.2. The number of likely N-dealkylation sites (N-methyl/N-ethyl adjacent to an activating group) is 1. The molecule has 0 aromatic carbocycles. The van der Waals surface area contributed by atoms with Gasteiger partial charge in [0.15, 0.2) is 0 Å². The Hall–Kier alpha value is -2.78. The average Bonchev–Trinajstić information content (AvgIpc) is 3.49. The van der Waals surface area contributed by atoms with Crippen LogP contribution in [0.4, 0.5) is 4.79 Å². The maximum atomic E-state index is 12.3. The number of likely N-dealkylation sites (tertiary alicyclic amines) is 1. The van der Waals surface area contributed by atoms with Crippen molar-refractivity contribution in [3.8, 4) is 12.3 Å². The smallest absolute Gasteiger partial charge is 0.315 e. The van der Waals surface area contributed by atoms with Crippen molar-refractivity contribution in [1.29, 1.82) is 0 Å². The van der Waals surface area contributed by atoms with Gasteiger partial charge in [0.25, 0.3) is 5.91 Å². The summed E-state index contributed by atoms with van der Waals surface area (Å²) >= 11 is 0. The van der Waals surface area contributed by atoms with Crippen LogP contribution in [-0.4, -0.2) is 94.8 Å². The molecule has 49 heavy (non-hydrogen) atoms. The molecule has 0 spiro atoms. The van der Waals surface area contributed by atoms with E-state index in [2.05, 4.69) is 48.0 Å². The second kappa shape index (κ2) is 29.0. The number of terminal acetylenes is 1. The van der Waals surface area contributed by atoms with Gasteiger partial charge in [-0.05, 0) is 57.5 Å². The van der Waals surface area contributed by atoms with Crippen molar-refractivity contribution >= 4 is 40.7 Å². The second-order valence-electron chi connectivity index (χ2n) is 13.3. The maximum Gasteiger partial charge on any atom is 0.315 e. The summed E-state index contributed by atoms with van der Waals surface area (Å²) in [7, 11) is 0.880. The highest BCUT2D eigenvalue weighted by molar-refractivity contribution is 7.84. The molecule has 1 saturated heterocycles. The third-order valence-corrected chi connectivity index (χ3v) is 8.65. The molecule has 1 aliphatic heterocycles. The number of hydrogen-bond acceptors (Lipinski definition) is 7. The predicted octanol–water partition coefficient (Wildman–Crippen LogP) is 5.13. The van der Waals surface area contributed by atoms with E-state index in [0.717, 1.165) is 51.4 Å². The lowest BCUT2D eigenvalue weighted by molar-refractivity contribution is -0.140. The minimum atomic E-state index is -0.998. The number of amides is 4. The minimum Gasteiger partial charge on any atom is -0.349 e. The predicted molar refractivity (Wildman–Crippen MR) is 204 cm³/mol.